The highest BCUT2D eigenvalue weighted by atomic mass is 19.1. The summed E-state index contributed by atoms with van der Waals surface area (Å²) in [5.74, 6) is 0.445. The van der Waals surface area contributed by atoms with Gasteiger partial charge >= 0.3 is 0 Å². The summed E-state index contributed by atoms with van der Waals surface area (Å²) in [7, 11) is 4.51. The average molecular weight is 427 g/mol. The maximum absolute atomic E-state index is 13.8. The molecule has 0 radical (unpaired) electrons. The molecule has 0 aliphatic carbocycles. The zero-order chi connectivity index (χ0) is 23.8. The Labute approximate surface area is 184 Å². The van der Waals surface area contributed by atoms with E-state index >= 15 is 0 Å². The van der Waals surface area contributed by atoms with E-state index in [1.807, 2.05) is 19.1 Å². The first-order valence-electron chi connectivity index (χ1n) is 9.27. The van der Waals surface area contributed by atoms with Crippen LogP contribution in [0, 0.1) is 18.2 Å². The van der Waals surface area contributed by atoms with Crippen molar-refractivity contribution >= 4 is 25.3 Å². The number of hydrogen-bond acceptors (Lipinski definition) is 6. The first-order chi connectivity index (χ1) is 14.9. The van der Waals surface area contributed by atoms with Crippen molar-refractivity contribution in [3.05, 3.63) is 66.0 Å². The van der Waals surface area contributed by atoms with Crippen molar-refractivity contribution in [1.82, 2.24) is 0 Å². The van der Waals surface area contributed by atoms with Gasteiger partial charge in [-0.15, -0.1) is 0 Å². The van der Waals surface area contributed by atoms with Crippen LogP contribution in [0.4, 0.5) is 10.1 Å². The third kappa shape index (κ3) is 8.36. The number of nitrogens with zero attached hydrogens (tertiary/aromatic N) is 2. The Balaban J connectivity index is 0.000000692. The lowest BCUT2D eigenvalue weighted by Gasteiger charge is -2.11. The van der Waals surface area contributed by atoms with E-state index in [-0.39, 0.29) is 5.75 Å². The van der Waals surface area contributed by atoms with E-state index < -0.39 is 5.82 Å². The third-order valence-electron chi connectivity index (χ3n) is 3.94. The largest absolute Gasteiger partial charge is 0.494 e. The monoisotopic (exact) mass is 426 g/mol. The molecule has 3 N–H and O–H groups in total. The number of nitrogens with one attached hydrogen (secondary N) is 1. The Morgan fingerprint density at radius 3 is 2.19 bits per heavy atom. The molecule has 0 bridgehead atoms. The van der Waals surface area contributed by atoms with Crippen LogP contribution in [-0.2, 0) is 0 Å². The van der Waals surface area contributed by atoms with Gasteiger partial charge in [0.05, 0.1) is 20.8 Å². The molecule has 0 spiro atoms. The van der Waals surface area contributed by atoms with Crippen LogP contribution in [-0.4, -0.2) is 47.5 Å². The molecule has 166 valence electrons. The first kappa shape index (κ1) is 27.4. The van der Waals surface area contributed by atoms with Gasteiger partial charge in [0, 0.05) is 6.21 Å². The second-order valence-electron chi connectivity index (χ2n) is 5.85. The number of benzene rings is 2. The van der Waals surface area contributed by atoms with Crippen LogP contribution in [0.1, 0.15) is 5.56 Å². The van der Waals surface area contributed by atoms with Crippen LogP contribution in [0.2, 0.25) is 0 Å². The molecule has 0 saturated carbocycles. The molecule has 2 aromatic carbocycles. The van der Waals surface area contributed by atoms with Crippen molar-refractivity contribution in [1.29, 1.82) is 5.41 Å². The molecular weight excluding hydrogens is 395 g/mol. The van der Waals surface area contributed by atoms with Gasteiger partial charge in [0.1, 0.15) is 11.4 Å². The molecule has 2 rings (SSSR count). The second kappa shape index (κ2) is 15.3. The Hall–Kier alpha value is -3.58. The number of methoxy groups -OCH3 is 2. The molecule has 2 aromatic rings. The molecule has 0 heterocycles. The van der Waals surface area contributed by atoms with Crippen LogP contribution < -0.4 is 15.2 Å². The summed E-state index contributed by atoms with van der Waals surface area (Å²) in [6.07, 6.45) is 4.61. The Morgan fingerprint density at radius 1 is 1.10 bits per heavy atom. The molecule has 0 amide bonds. The van der Waals surface area contributed by atoms with Gasteiger partial charge in [-0.2, -0.15) is 0 Å². The number of nitrogens with two attached hydrogens (primary N) is 1. The fourth-order valence-corrected chi connectivity index (χ4v) is 2.54. The van der Waals surface area contributed by atoms with Gasteiger partial charge in [-0.25, -0.2) is 4.39 Å². The highest BCUT2D eigenvalue weighted by Crippen LogP contribution is 2.36. The summed E-state index contributed by atoms with van der Waals surface area (Å²) in [5.41, 5.74) is 8.55. The van der Waals surface area contributed by atoms with Crippen LogP contribution >= 0.6 is 0 Å². The third-order valence-corrected chi connectivity index (χ3v) is 3.94. The second-order valence-corrected chi connectivity index (χ2v) is 5.85. The number of hydrogen-bond donors (Lipinski definition) is 2. The summed E-state index contributed by atoms with van der Waals surface area (Å²) in [4.78, 5) is 7.56. The lowest BCUT2D eigenvalue weighted by molar-refractivity contribution is 0.386. The molecule has 7 heteroatoms. The minimum atomic E-state index is -0.396. The van der Waals surface area contributed by atoms with Crippen molar-refractivity contribution in [2.75, 3.05) is 27.8 Å². The van der Waals surface area contributed by atoms with Gasteiger partial charge in [0.25, 0.3) is 0 Å². The molecule has 0 fully saturated rings. The topological polar surface area (TPSA) is 93.0 Å². The van der Waals surface area contributed by atoms with Crippen LogP contribution in [0.3, 0.4) is 0 Å². The summed E-state index contributed by atoms with van der Waals surface area (Å²) in [5, 5.41) is 6.84. The normalized spacial score (nSPS) is 9.81. The van der Waals surface area contributed by atoms with Crippen LogP contribution in [0.15, 0.2) is 64.6 Å². The number of allylic oxidation sites excluding steroid dienone is 2. The Bertz CT molecular complexity index is 924. The molecule has 0 unspecified atom stereocenters. The number of rotatable bonds is 8. The maximum atomic E-state index is 13.8. The fourth-order valence-electron chi connectivity index (χ4n) is 2.54. The lowest BCUT2D eigenvalue weighted by Crippen LogP contribution is -1.91. The van der Waals surface area contributed by atoms with E-state index in [0.29, 0.717) is 18.0 Å². The van der Waals surface area contributed by atoms with Gasteiger partial charge in [0.2, 0.25) is 0 Å². The van der Waals surface area contributed by atoms with Gasteiger partial charge < -0.3 is 20.6 Å². The van der Waals surface area contributed by atoms with Crippen molar-refractivity contribution in [2.24, 2.45) is 15.7 Å². The van der Waals surface area contributed by atoms with E-state index in [1.54, 1.807) is 31.4 Å². The van der Waals surface area contributed by atoms with E-state index in [9.17, 15) is 4.39 Å². The van der Waals surface area contributed by atoms with Gasteiger partial charge in [-0.3, -0.25) is 9.98 Å². The lowest BCUT2D eigenvalue weighted by atomic mass is 10.0. The van der Waals surface area contributed by atoms with Crippen molar-refractivity contribution in [2.45, 2.75) is 6.92 Å². The average Bonchev–Trinajstić information content (AvgIpc) is 2.80. The van der Waals surface area contributed by atoms with E-state index in [1.165, 1.54) is 26.4 Å². The minimum Gasteiger partial charge on any atom is -0.494 e. The molecule has 0 saturated heterocycles. The zero-order valence-corrected chi connectivity index (χ0v) is 18.6. The smallest absolute Gasteiger partial charge is 0.165 e. The number of aryl methyl sites for hydroxylation is 1. The molecule has 0 aliphatic rings. The minimum absolute atomic E-state index is 0.224. The van der Waals surface area contributed by atoms with E-state index in [4.69, 9.17) is 14.9 Å². The number of ether oxygens (including phenoxy) is 2. The SMILES string of the molecule is C=C/C=C(\C=N)CN=C.C=Nc1c(C)cc(-c2ccc(OC)c(F)c2)cc1OC.CN. The van der Waals surface area contributed by atoms with Gasteiger partial charge in [0.15, 0.2) is 11.6 Å². The molecule has 0 aliphatic heterocycles. The highest BCUT2D eigenvalue weighted by molar-refractivity contribution is 5.77. The van der Waals surface area contributed by atoms with Crippen molar-refractivity contribution in [3.8, 4) is 22.6 Å². The number of aliphatic imine (C=N–C) groups is 2. The van der Waals surface area contributed by atoms with Crippen molar-refractivity contribution in [3.63, 3.8) is 0 Å². The highest BCUT2D eigenvalue weighted by Gasteiger charge is 2.11. The molecule has 31 heavy (non-hydrogen) atoms. The predicted molar refractivity (Wildman–Crippen MR) is 130 cm³/mol. The van der Waals surface area contributed by atoms with E-state index in [2.05, 4.69) is 35.7 Å². The quantitative estimate of drug-likeness (QED) is 0.450. The fraction of sp³-hybridized carbons (Fsp3) is 0.208. The summed E-state index contributed by atoms with van der Waals surface area (Å²) in [6, 6.07) is 8.59. The number of halogens is 1. The summed E-state index contributed by atoms with van der Waals surface area (Å²) >= 11 is 0. The zero-order valence-electron chi connectivity index (χ0n) is 18.6. The van der Waals surface area contributed by atoms with Gasteiger partial charge in [-0.05, 0) is 73.9 Å². The summed E-state index contributed by atoms with van der Waals surface area (Å²) in [6.45, 7) is 12.7. The Morgan fingerprint density at radius 2 is 1.74 bits per heavy atom. The summed E-state index contributed by atoms with van der Waals surface area (Å²) < 4.78 is 24.0. The predicted octanol–water partition coefficient (Wildman–Crippen LogP) is 5.17. The Kier molecular flexibility index (Phi) is 13.5. The standard InChI is InChI=1S/C16H16FNO2.C7H10N2.CH5N/c1-10-7-12(9-15(20-4)16(10)18-2)11-5-6-14(19-3)13(17)8-11;1-3-4-7(5-8)6-9-2;1-2/h5-9H,2H2,1,3-4H3;3-5,8H,1-2,6H2;2H2,1H3/b;7-4+,8-5?;. The van der Waals surface area contributed by atoms with Crippen LogP contribution in [0.5, 0.6) is 11.5 Å². The van der Waals surface area contributed by atoms with Crippen molar-refractivity contribution < 1.29 is 13.9 Å². The van der Waals surface area contributed by atoms with E-state index in [0.717, 1.165) is 22.3 Å². The van der Waals surface area contributed by atoms with Crippen LogP contribution in [0.25, 0.3) is 11.1 Å². The maximum Gasteiger partial charge on any atom is 0.165 e. The first-order valence-corrected chi connectivity index (χ1v) is 9.27. The molecule has 6 nitrogen and oxygen atoms in total. The molecule has 0 aromatic heterocycles. The van der Waals surface area contributed by atoms with Gasteiger partial charge in [-0.1, -0.05) is 24.8 Å². The molecular formula is C24H31FN4O2. The molecule has 0 atom stereocenters.